The van der Waals surface area contributed by atoms with Gasteiger partial charge in [-0.25, -0.2) is 4.39 Å². The van der Waals surface area contributed by atoms with E-state index in [1.54, 1.807) is 0 Å². The van der Waals surface area contributed by atoms with Crippen LogP contribution in [0.3, 0.4) is 0 Å². The second-order valence-electron chi connectivity index (χ2n) is 2.00. The van der Waals surface area contributed by atoms with Crippen LogP contribution in [0.2, 0.25) is 0 Å². The van der Waals surface area contributed by atoms with Crippen LogP contribution in [0.5, 0.6) is 11.5 Å². The van der Waals surface area contributed by atoms with Crippen LogP contribution in [0.4, 0.5) is 4.39 Å². The molecular formula is C8H9BFO2. The van der Waals surface area contributed by atoms with Crippen LogP contribution < -0.4 is 9.47 Å². The minimum Gasteiger partial charge on any atom is -0.493 e. The third-order valence-corrected chi connectivity index (χ3v) is 1.35. The van der Waals surface area contributed by atoms with Gasteiger partial charge >= 0.3 is 0 Å². The molecule has 4 heteroatoms. The van der Waals surface area contributed by atoms with Crippen molar-refractivity contribution >= 4 is 8.41 Å². The first-order chi connectivity index (χ1) is 5.27. The lowest BCUT2D eigenvalue weighted by atomic mass is 10.3. The summed E-state index contributed by atoms with van der Waals surface area (Å²) in [4.78, 5) is 0. The zero-order chi connectivity index (χ0) is 8.27. The molecule has 2 nitrogen and oxygen atoms in total. The highest BCUT2D eigenvalue weighted by atomic mass is 19.1. The lowest BCUT2D eigenvalue weighted by Gasteiger charge is -2.05. The topological polar surface area (TPSA) is 18.5 Å². The smallest absolute Gasteiger partial charge is 0.163 e. The number of rotatable bonds is 2. The van der Waals surface area contributed by atoms with Crippen molar-refractivity contribution in [3.63, 3.8) is 0 Å². The van der Waals surface area contributed by atoms with E-state index >= 15 is 0 Å². The third-order valence-electron chi connectivity index (χ3n) is 1.35. The first-order valence-corrected chi connectivity index (χ1v) is 3.15. The maximum absolute atomic E-state index is 12.5. The van der Waals surface area contributed by atoms with Crippen LogP contribution in [-0.2, 0) is 0 Å². The lowest BCUT2D eigenvalue weighted by Crippen LogP contribution is -1.90. The van der Waals surface area contributed by atoms with E-state index in [2.05, 4.69) is 0 Å². The fraction of sp³-hybridized carbons (Fsp3) is 0.250. The van der Waals surface area contributed by atoms with Gasteiger partial charge in [0.2, 0.25) is 0 Å². The molecule has 63 valence electrons. The molecule has 0 aliphatic heterocycles. The summed E-state index contributed by atoms with van der Waals surface area (Å²) in [5.41, 5.74) is 0. The first kappa shape index (κ1) is 10.8. The zero-order valence-electron chi connectivity index (χ0n) is 7.00. The Labute approximate surface area is 72.9 Å². The molecule has 3 radical (unpaired) electrons. The molecular weight excluding hydrogens is 158 g/mol. The third kappa shape index (κ3) is 2.15. The van der Waals surface area contributed by atoms with E-state index in [0.29, 0.717) is 11.5 Å². The molecule has 0 aliphatic rings. The fourth-order valence-electron chi connectivity index (χ4n) is 0.810. The van der Waals surface area contributed by atoms with E-state index in [1.807, 2.05) is 0 Å². The molecule has 0 saturated heterocycles. The highest BCUT2D eigenvalue weighted by Crippen LogP contribution is 2.26. The van der Waals surface area contributed by atoms with Gasteiger partial charge in [-0.15, -0.1) is 0 Å². The highest BCUT2D eigenvalue weighted by molar-refractivity contribution is 5.75. The Morgan fingerprint density at radius 3 is 2.17 bits per heavy atom. The maximum Gasteiger partial charge on any atom is 0.163 e. The number of methoxy groups -OCH3 is 2. The zero-order valence-corrected chi connectivity index (χ0v) is 7.00. The summed E-state index contributed by atoms with van der Waals surface area (Å²) in [5, 5.41) is 0. The van der Waals surface area contributed by atoms with Crippen molar-refractivity contribution in [1.82, 2.24) is 0 Å². The Morgan fingerprint density at radius 2 is 1.67 bits per heavy atom. The van der Waals surface area contributed by atoms with E-state index in [9.17, 15) is 4.39 Å². The summed E-state index contributed by atoms with van der Waals surface area (Å²) in [5.74, 6) is 0.615. The van der Waals surface area contributed by atoms with Gasteiger partial charge in [0.25, 0.3) is 0 Å². The van der Waals surface area contributed by atoms with Crippen molar-refractivity contribution in [3.05, 3.63) is 24.0 Å². The van der Waals surface area contributed by atoms with E-state index in [0.717, 1.165) is 0 Å². The van der Waals surface area contributed by atoms with Crippen molar-refractivity contribution in [1.29, 1.82) is 0 Å². The number of benzene rings is 1. The minimum absolute atomic E-state index is 0. The summed E-state index contributed by atoms with van der Waals surface area (Å²) in [6, 6.07) is 4.12. The van der Waals surface area contributed by atoms with Gasteiger partial charge < -0.3 is 9.47 Å². The second-order valence-corrected chi connectivity index (χ2v) is 2.00. The monoisotopic (exact) mass is 167 g/mol. The fourth-order valence-corrected chi connectivity index (χ4v) is 0.810. The van der Waals surface area contributed by atoms with E-state index in [-0.39, 0.29) is 14.2 Å². The van der Waals surface area contributed by atoms with Gasteiger partial charge in [0, 0.05) is 14.5 Å². The van der Waals surface area contributed by atoms with Crippen LogP contribution >= 0.6 is 0 Å². The van der Waals surface area contributed by atoms with Crippen molar-refractivity contribution in [2.45, 2.75) is 0 Å². The Bertz CT molecular complexity index is 253. The van der Waals surface area contributed by atoms with Gasteiger partial charge in [0.15, 0.2) is 11.5 Å². The first-order valence-electron chi connectivity index (χ1n) is 3.15. The van der Waals surface area contributed by atoms with E-state index < -0.39 is 0 Å². The quantitative estimate of drug-likeness (QED) is 0.620. The van der Waals surface area contributed by atoms with Crippen molar-refractivity contribution in [2.75, 3.05) is 14.2 Å². The predicted octanol–water partition coefficient (Wildman–Crippen LogP) is 1.46. The average molecular weight is 167 g/mol. The molecule has 0 unspecified atom stereocenters. The van der Waals surface area contributed by atoms with Crippen molar-refractivity contribution in [2.24, 2.45) is 0 Å². The van der Waals surface area contributed by atoms with Crippen LogP contribution in [0.25, 0.3) is 0 Å². The predicted molar refractivity (Wildman–Crippen MR) is 45.3 cm³/mol. The normalized spacial score (nSPS) is 8.58. The molecule has 1 rings (SSSR count). The van der Waals surface area contributed by atoms with E-state index in [4.69, 9.17) is 9.47 Å². The van der Waals surface area contributed by atoms with Crippen molar-refractivity contribution < 1.29 is 13.9 Å². The highest BCUT2D eigenvalue weighted by Gasteiger charge is 2.02. The molecule has 0 heterocycles. The van der Waals surface area contributed by atoms with Gasteiger partial charge in [-0.2, -0.15) is 0 Å². The Hall–Kier alpha value is -1.19. The minimum atomic E-state index is -0.331. The maximum atomic E-state index is 12.5. The molecule has 1 aromatic carbocycles. The molecule has 0 N–H and O–H groups in total. The summed E-state index contributed by atoms with van der Waals surface area (Å²) in [6.07, 6.45) is 0. The van der Waals surface area contributed by atoms with Gasteiger partial charge in [-0.05, 0) is 12.1 Å². The number of halogens is 1. The van der Waals surface area contributed by atoms with Crippen molar-refractivity contribution in [3.8, 4) is 11.5 Å². The molecule has 1 aromatic rings. The molecule has 0 spiro atoms. The molecule has 0 fully saturated rings. The molecule has 12 heavy (non-hydrogen) atoms. The standard InChI is InChI=1S/C8H9FO2.B/c1-10-7-4-3-6(9)5-8(7)11-2;/h3-5H,1-2H3;. The molecule has 0 bridgehead atoms. The molecule has 0 amide bonds. The van der Waals surface area contributed by atoms with Gasteiger partial charge in [-0.1, -0.05) is 0 Å². The van der Waals surface area contributed by atoms with Gasteiger partial charge in [0.05, 0.1) is 14.2 Å². The van der Waals surface area contributed by atoms with Crippen LogP contribution in [-0.4, -0.2) is 22.6 Å². The summed E-state index contributed by atoms with van der Waals surface area (Å²) >= 11 is 0. The summed E-state index contributed by atoms with van der Waals surface area (Å²) in [7, 11) is 2.98. The van der Waals surface area contributed by atoms with Gasteiger partial charge in [-0.3, -0.25) is 0 Å². The summed E-state index contributed by atoms with van der Waals surface area (Å²) < 4.78 is 22.3. The van der Waals surface area contributed by atoms with Gasteiger partial charge in [0.1, 0.15) is 5.82 Å². The number of hydrogen-bond donors (Lipinski definition) is 0. The van der Waals surface area contributed by atoms with Crippen LogP contribution in [0.15, 0.2) is 18.2 Å². The molecule has 0 saturated carbocycles. The Morgan fingerprint density at radius 1 is 1.08 bits per heavy atom. The second kappa shape index (κ2) is 4.64. The number of ether oxygens (including phenoxy) is 2. The molecule has 0 aliphatic carbocycles. The van der Waals surface area contributed by atoms with Crippen LogP contribution in [0, 0.1) is 5.82 Å². The average Bonchev–Trinajstić information content (AvgIpc) is 2.04. The lowest BCUT2D eigenvalue weighted by molar-refractivity contribution is 0.352. The molecule has 0 atom stereocenters. The van der Waals surface area contributed by atoms with Crippen LogP contribution in [0.1, 0.15) is 0 Å². The SMILES string of the molecule is COc1ccc(F)cc1OC.[B]. The molecule has 0 aromatic heterocycles. The Balaban J connectivity index is 0.00000121. The summed E-state index contributed by atoms with van der Waals surface area (Å²) in [6.45, 7) is 0. The number of hydrogen-bond acceptors (Lipinski definition) is 2. The van der Waals surface area contributed by atoms with E-state index in [1.165, 1.54) is 32.4 Å². The largest absolute Gasteiger partial charge is 0.493 e. The Kier molecular flexibility index (Phi) is 4.19.